The van der Waals surface area contributed by atoms with Gasteiger partial charge < -0.3 is 9.15 Å². The van der Waals surface area contributed by atoms with Crippen LogP contribution in [0.5, 0.6) is 0 Å². The Hall–Kier alpha value is -1.97. The summed E-state index contributed by atoms with van der Waals surface area (Å²) in [5.74, 6) is 0. The van der Waals surface area contributed by atoms with Crippen molar-refractivity contribution >= 4 is 22.7 Å². The van der Waals surface area contributed by atoms with Crippen molar-refractivity contribution < 1.29 is 13.9 Å². The van der Waals surface area contributed by atoms with Gasteiger partial charge in [0.05, 0.1) is 19.1 Å². The van der Waals surface area contributed by atoms with Gasteiger partial charge in [-0.25, -0.2) is 4.79 Å². The Kier molecular flexibility index (Phi) is 2.33. The van der Waals surface area contributed by atoms with Gasteiger partial charge in [-0.05, 0) is 12.1 Å². The van der Waals surface area contributed by atoms with E-state index in [0.29, 0.717) is 11.3 Å². The number of carbonyl (C=O) groups excluding carboxylic acids is 1. The lowest BCUT2D eigenvalue weighted by Gasteiger charge is -2.15. The number of carbonyl (C=O) groups is 1. The van der Waals surface area contributed by atoms with Crippen LogP contribution in [-0.2, 0) is 4.74 Å². The van der Waals surface area contributed by atoms with Crippen molar-refractivity contribution in [2.45, 2.75) is 0 Å². The smallest absolute Gasteiger partial charge is 0.413 e. The predicted molar refractivity (Wildman–Crippen MR) is 57.0 cm³/mol. The summed E-state index contributed by atoms with van der Waals surface area (Å²) in [6, 6.07) is 7.45. The molecule has 0 aliphatic heterocycles. The minimum Gasteiger partial charge on any atom is -0.462 e. The molecule has 1 aromatic heterocycles. The Morgan fingerprint density at radius 1 is 1.40 bits per heavy atom. The first kappa shape index (κ1) is 9.58. The molecule has 4 heteroatoms. The Morgan fingerprint density at radius 2 is 2.20 bits per heavy atom. The first-order valence-electron chi connectivity index (χ1n) is 4.52. The van der Waals surface area contributed by atoms with Crippen LogP contribution in [0.3, 0.4) is 0 Å². The molecule has 0 atom stereocenters. The van der Waals surface area contributed by atoms with Crippen LogP contribution in [0.2, 0.25) is 0 Å². The molecule has 0 bridgehead atoms. The third kappa shape index (κ3) is 1.54. The number of fused-ring (bicyclic) bond motifs is 1. The molecule has 78 valence electrons. The molecule has 15 heavy (non-hydrogen) atoms. The molecule has 0 fully saturated rings. The van der Waals surface area contributed by atoms with E-state index in [2.05, 4.69) is 4.74 Å². The highest BCUT2D eigenvalue weighted by Crippen LogP contribution is 2.26. The van der Waals surface area contributed by atoms with Crippen LogP contribution in [0.25, 0.3) is 11.0 Å². The first-order valence-corrected chi connectivity index (χ1v) is 4.52. The van der Waals surface area contributed by atoms with E-state index in [1.807, 2.05) is 24.3 Å². The Labute approximate surface area is 87.0 Å². The SMILES string of the molecule is COC(=O)N(C)c1cccc2ccoc12. The lowest BCUT2D eigenvalue weighted by atomic mass is 10.2. The van der Waals surface area contributed by atoms with E-state index in [9.17, 15) is 4.79 Å². The quantitative estimate of drug-likeness (QED) is 0.718. The minimum atomic E-state index is -0.418. The van der Waals surface area contributed by atoms with Crippen molar-refractivity contribution in [2.75, 3.05) is 19.1 Å². The van der Waals surface area contributed by atoms with Crippen molar-refractivity contribution in [1.82, 2.24) is 0 Å². The monoisotopic (exact) mass is 205 g/mol. The number of para-hydroxylation sites is 1. The van der Waals surface area contributed by atoms with Gasteiger partial charge in [-0.3, -0.25) is 4.90 Å². The summed E-state index contributed by atoms with van der Waals surface area (Å²) in [7, 11) is 2.99. The summed E-state index contributed by atoms with van der Waals surface area (Å²) in [6.45, 7) is 0. The molecule has 0 spiro atoms. The van der Waals surface area contributed by atoms with Crippen LogP contribution >= 0.6 is 0 Å². The van der Waals surface area contributed by atoms with Crippen LogP contribution < -0.4 is 4.90 Å². The van der Waals surface area contributed by atoms with Crippen LogP contribution in [0.15, 0.2) is 34.9 Å². The highest BCUT2D eigenvalue weighted by Gasteiger charge is 2.14. The topological polar surface area (TPSA) is 42.7 Å². The van der Waals surface area contributed by atoms with Crippen molar-refractivity contribution in [1.29, 1.82) is 0 Å². The fourth-order valence-corrected chi connectivity index (χ4v) is 1.48. The van der Waals surface area contributed by atoms with Crippen LogP contribution in [0.4, 0.5) is 10.5 Å². The van der Waals surface area contributed by atoms with E-state index in [0.717, 1.165) is 5.39 Å². The molecule has 2 rings (SSSR count). The maximum absolute atomic E-state index is 11.3. The molecule has 0 aliphatic rings. The fourth-order valence-electron chi connectivity index (χ4n) is 1.48. The molecule has 0 saturated carbocycles. The average molecular weight is 205 g/mol. The molecule has 1 heterocycles. The standard InChI is InChI=1S/C11H11NO3/c1-12(11(13)14-2)9-5-3-4-8-6-7-15-10(8)9/h3-7H,1-2H3. The second kappa shape index (κ2) is 3.65. The maximum Gasteiger partial charge on any atom is 0.413 e. The average Bonchev–Trinajstić information content (AvgIpc) is 2.74. The molecule has 1 aromatic carbocycles. The zero-order chi connectivity index (χ0) is 10.8. The number of methoxy groups -OCH3 is 1. The lowest BCUT2D eigenvalue weighted by molar-refractivity contribution is 0.180. The van der Waals surface area contributed by atoms with Crippen LogP contribution in [0, 0.1) is 0 Å². The molecule has 4 nitrogen and oxygen atoms in total. The highest BCUT2D eigenvalue weighted by molar-refractivity contribution is 5.98. The van der Waals surface area contributed by atoms with Gasteiger partial charge in [0, 0.05) is 12.4 Å². The van der Waals surface area contributed by atoms with E-state index in [-0.39, 0.29) is 0 Å². The van der Waals surface area contributed by atoms with Crippen LogP contribution in [-0.4, -0.2) is 20.3 Å². The number of rotatable bonds is 1. The zero-order valence-electron chi connectivity index (χ0n) is 8.56. The second-order valence-electron chi connectivity index (χ2n) is 3.15. The summed E-state index contributed by atoms with van der Waals surface area (Å²) in [4.78, 5) is 12.7. The molecule has 0 radical (unpaired) electrons. The molecule has 2 aromatic rings. The number of benzene rings is 1. The Bertz CT molecular complexity index is 489. The van der Waals surface area contributed by atoms with Crippen molar-refractivity contribution in [2.24, 2.45) is 0 Å². The van der Waals surface area contributed by atoms with Gasteiger partial charge in [0.2, 0.25) is 0 Å². The summed E-state index contributed by atoms with van der Waals surface area (Å²) >= 11 is 0. The number of hydrogen-bond acceptors (Lipinski definition) is 3. The van der Waals surface area contributed by atoms with E-state index >= 15 is 0 Å². The van der Waals surface area contributed by atoms with Crippen molar-refractivity contribution in [3.8, 4) is 0 Å². The third-order valence-corrected chi connectivity index (χ3v) is 2.27. The molecular weight excluding hydrogens is 194 g/mol. The highest BCUT2D eigenvalue weighted by atomic mass is 16.5. The van der Waals surface area contributed by atoms with Gasteiger partial charge in [-0.2, -0.15) is 0 Å². The molecular formula is C11H11NO3. The molecule has 0 unspecified atom stereocenters. The number of nitrogens with zero attached hydrogens (tertiary/aromatic N) is 1. The number of anilines is 1. The molecule has 0 saturated heterocycles. The number of hydrogen-bond donors (Lipinski definition) is 0. The molecule has 1 amide bonds. The summed E-state index contributed by atoms with van der Waals surface area (Å²) in [5, 5.41) is 0.961. The van der Waals surface area contributed by atoms with Gasteiger partial charge in [0.1, 0.15) is 0 Å². The minimum absolute atomic E-state index is 0.418. The number of amides is 1. The third-order valence-electron chi connectivity index (χ3n) is 2.27. The Morgan fingerprint density at radius 3 is 2.93 bits per heavy atom. The molecule has 0 N–H and O–H groups in total. The predicted octanol–water partition coefficient (Wildman–Crippen LogP) is 2.64. The Balaban J connectivity index is 2.51. The van der Waals surface area contributed by atoms with E-state index in [4.69, 9.17) is 4.42 Å². The summed E-state index contributed by atoms with van der Waals surface area (Å²) in [5.41, 5.74) is 1.38. The summed E-state index contributed by atoms with van der Waals surface area (Å²) < 4.78 is 9.95. The summed E-state index contributed by atoms with van der Waals surface area (Å²) in [6.07, 6.45) is 1.18. The zero-order valence-corrected chi connectivity index (χ0v) is 8.56. The van der Waals surface area contributed by atoms with Crippen molar-refractivity contribution in [3.05, 3.63) is 30.5 Å². The van der Waals surface area contributed by atoms with E-state index in [1.54, 1.807) is 13.3 Å². The lowest BCUT2D eigenvalue weighted by Crippen LogP contribution is -2.25. The van der Waals surface area contributed by atoms with Gasteiger partial charge in [-0.1, -0.05) is 12.1 Å². The van der Waals surface area contributed by atoms with Gasteiger partial charge in [0.15, 0.2) is 5.58 Å². The second-order valence-corrected chi connectivity index (χ2v) is 3.15. The van der Waals surface area contributed by atoms with E-state index in [1.165, 1.54) is 12.0 Å². The van der Waals surface area contributed by atoms with Crippen LogP contribution in [0.1, 0.15) is 0 Å². The number of furan rings is 1. The van der Waals surface area contributed by atoms with Gasteiger partial charge in [-0.15, -0.1) is 0 Å². The molecule has 0 aliphatic carbocycles. The van der Waals surface area contributed by atoms with E-state index < -0.39 is 6.09 Å². The van der Waals surface area contributed by atoms with Gasteiger partial charge in [0.25, 0.3) is 0 Å². The first-order chi connectivity index (χ1) is 7.24. The fraction of sp³-hybridized carbons (Fsp3) is 0.182. The maximum atomic E-state index is 11.3. The number of ether oxygens (including phenoxy) is 1. The van der Waals surface area contributed by atoms with Crippen molar-refractivity contribution in [3.63, 3.8) is 0 Å². The van der Waals surface area contributed by atoms with Gasteiger partial charge >= 0.3 is 6.09 Å². The largest absolute Gasteiger partial charge is 0.462 e. The normalized spacial score (nSPS) is 10.3.